The highest BCUT2D eigenvalue weighted by molar-refractivity contribution is 6.07. The van der Waals surface area contributed by atoms with Crippen molar-refractivity contribution < 1.29 is 19.8 Å². The van der Waals surface area contributed by atoms with Crippen LogP contribution in [0.3, 0.4) is 0 Å². The number of hydrogen-bond acceptors (Lipinski definition) is 5. The Bertz CT molecular complexity index is 871. The third kappa shape index (κ3) is 1.99. The zero-order chi connectivity index (χ0) is 19.0. The lowest BCUT2D eigenvalue weighted by Crippen LogP contribution is -2.75. The number of aryl methyl sites for hydroxylation is 1. The molecule has 2 aliphatic carbocycles. The largest absolute Gasteiger partial charge is 0.508 e. The van der Waals surface area contributed by atoms with Gasteiger partial charge >= 0.3 is 6.03 Å². The highest BCUT2D eigenvalue weighted by Crippen LogP contribution is 2.59. The van der Waals surface area contributed by atoms with Gasteiger partial charge in [0, 0.05) is 11.5 Å². The Morgan fingerprint density at radius 1 is 1.22 bits per heavy atom. The van der Waals surface area contributed by atoms with Gasteiger partial charge in [-0.3, -0.25) is 10.1 Å². The van der Waals surface area contributed by atoms with Crippen molar-refractivity contribution in [3.63, 3.8) is 0 Å². The maximum absolute atomic E-state index is 12.7. The Labute approximate surface area is 157 Å². The van der Waals surface area contributed by atoms with E-state index >= 15 is 0 Å². The highest BCUT2D eigenvalue weighted by atomic mass is 16.3. The van der Waals surface area contributed by atoms with Crippen LogP contribution in [-0.2, 0) is 23.1 Å². The SMILES string of the molecule is CCc1cc(O)cc2c1CC1NCCC23CC2(CCC13O)NC(=O)NC2=O. The molecule has 4 atom stereocenters. The minimum absolute atomic E-state index is 0.0916. The molecule has 7 nitrogen and oxygen atoms in total. The second-order valence-electron chi connectivity index (χ2n) is 8.62. The van der Waals surface area contributed by atoms with Crippen LogP contribution in [0, 0.1) is 0 Å². The fourth-order valence-electron chi connectivity index (χ4n) is 6.28. The van der Waals surface area contributed by atoms with Crippen molar-refractivity contribution in [3.8, 4) is 5.75 Å². The number of nitrogens with one attached hydrogen (secondary N) is 3. The van der Waals surface area contributed by atoms with Crippen LogP contribution in [0.2, 0.25) is 0 Å². The van der Waals surface area contributed by atoms with Gasteiger partial charge in [0.15, 0.2) is 0 Å². The number of phenols is 1. The lowest BCUT2D eigenvalue weighted by molar-refractivity contribution is -0.151. The van der Waals surface area contributed by atoms with Gasteiger partial charge in [-0.1, -0.05) is 6.92 Å². The molecule has 4 unspecified atom stereocenters. The normalized spacial score (nSPS) is 39.6. The summed E-state index contributed by atoms with van der Waals surface area (Å²) in [7, 11) is 0. The maximum Gasteiger partial charge on any atom is 0.322 e. The molecular weight excluding hydrogens is 346 g/mol. The summed E-state index contributed by atoms with van der Waals surface area (Å²) < 4.78 is 0. The molecule has 7 heteroatoms. The summed E-state index contributed by atoms with van der Waals surface area (Å²) in [5.41, 5.74) is 0.533. The number of piperidine rings is 1. The van der Waals surface area contributed by atoms with Crippen molar-refractivity contribution >= 4 is 11.9 Å². The Morgan fingerprint density at radius 3 is 2.74 bits per heavy atom. The number of carbonyl (C=O) groups excluding carboxylic acids is 2. The first-order chi connectivity index (χ1) is 12.8. The van der Waals surface area contributed by atoms with Gasteiger partial charge in [-0.15, -0.1) is 0 Å². The molecule has 144 valence electrons. The number of fused-ring (bicyclic) bond motifs is 1. The molecule has 0 radical (unpaired) electrons. The molecular formula is C20H25N3O4. The molecule has 1 aromatic carbocycles. The third-order valence-electron chi connectivity index (χ3n) is 7.53. The first-order valence-electron chi connectivity index (χ1n) is 9.78. The Kier molecular flexibility index (Phi) is 3.30. The molecule has 2 bridgehead atoms. The first-order valence-corrected chi connectivity index (χ1v) is 9.78. The van der Waals surface area contributed by atoms with E-state index in [1.54, 1.807) is 12.1 Å². The van der Waals surface area contributed by atoms with Gasteiger partial charge in [-0.05, 0) is 73.9 Å². The topological polar surface area (TPSA) is 111 Å². The van der Waals surface area contributed by atoms with Gasteiger partial charge in [0.1, 0.15) is 11.3 Å². The van der Waals surface area contributed by atoms with Crippen molar-refractivity contribution in [1.29, 1.82) is 0 Å². The van der Waals surface area contributed by atoms with E-state index < -0.39 is 22.6 Å². The predicted octanol–water partition coefficient (Wildman–Crippen LogP) is 0.604. The summed E-state index contributed by atoms with van der Waals surface area (Å²) >= 11 is 0. The molecule has 3 amide bonds. The zero-order valence-electron chi connectivity index (χ0n) is 15.4. The average molecular weight is 371 g/mol. The molecule has 27 heavy (non-hydrogen) atoms. The molecule has 0 aromatic heterocycles. The van der Waals surface area contributed by atoms with Crippen LogP contribution >= 0.6 is 0 Å². The van der Waals surface area contributed by atoms with E-state index in [2.05, 4.69) is 22.9 Å². The number of carbonyl (C=O) groups is 2. The molecule has 1 spiro atoms. The quantitative estimate of drug-likeness (QED) is 0.465. The second-order valence-corrected chi connectivity index (χ2v) is 8.62. The van der Waals surface area contributed by atoms with E-state index in [0.717, 1.165) is 24.1 Å². The number of imide groups is 1. The van der Waals surface area contributed by atoms with Gasteiger partial charge in [0.05, 0.1) is 5.60 Å². The van der Waals surface area contributed by atoms with Crippen molar-refractivity contribution in [1.82, 2.24) is 16.0 Å². The summed E-state index contributed by atoms with van der Waals surface area (Å²) in [6, 6.07) is 3.02. The second kappa shape index (κ2) is 5.23. The molecule has 1 aromatic rings. The summed E-state index contributed by atoms with van der Waals surface area (Å²) in [5.74, 6) is -0.110. The lowest BCUT2D eigenvalue weighted by atomic mass is 9.46. The van der Waals surface area contributed by atoms with E-state index in [-0.39, 0.29) is 17.7 Å². The Balaban J connectivity index is 1.74. The number of amides is 3. The zero-order valence-corrected chi connectivity index (χ0v) is 15.4. The van der Waals surface area contributed by atoms with E-state index in [1.165, 1.54) is 5.56 Å². The number of phenolic OH excluding ortho intramolecular Hbond substituents is 1. The minimum atomic E-state index is -1.00. The number of hydrogen-bond donors (Lipinski definition) is 5. The van der Waals surface area contributed by atoms with Crippen LogP contribution in [0.25, 0.3) is 0 Å². The van der Waals surface area contributed by atoms with Crippen LogP contribution in [0.1, 0.15) is 49.3 Å². The number of benzene rings is 1. The monoisotopic (exact) mass is 371 g/mol. The lowest BCUT2D eigenvalue weighted by Gasteiger charge is -2.63. The Morgan fingerprint density at radius 2 is 2.04 bits per heavy atom. The van der Waals surface area contributed by atoms with Crippen LogP contribution in [-0.4, -0.2) is 45.9 Å². The van der Waals surface area contributed by atoms with E-state index in [9.17, 15) is 19.8 Å². The smallest absolute Gasteiger partial charge is 0.322 e. The fourth-order valence-corrected chi connectivity index (χ4v) is 6.28. The first kappa shape index (κ1) is 17.0. The molecule has 1 saturated carbocycles. The van der Waals surface area contributed by atoms with Crippen LogP contribution in [0.15, 0.2) is 12.1 Å². The van der Waals surface area contributed by atoms with E-state index in [4.69, 9.17) is 0 Å². The molecule has 2 saturated heterocycles. The molecule has 2 aliphatic heterocycles. The highest BCUT2D eigenvalue weighted by Gasteiger charge is 2.68. The molecule has 3 fully saturated rings. The fraction of sp³-hybridized carbons (Fsp3) is 0.600. The van der Waals surface area contributed by atoms with Gasteiger partial charge in [-0.2, -0.15) is 0 Å². The molecule has 2 heterocycles. The molecule has 5 rings (SSSR count). The van der Waals surface area contributed by atoms with Gasteiger partial charge in [0.2, 0.25) is 0 Å². The van der Waals surface area contributed by atoms with Crippen LogP contribution in [0.4, 0.5) is 4.79 Å². The van der Waals surface area contributed by atoms with E-state index in [1.807, 2.05) is 0 Å². The van der Waals surface area contributed by atoms with E-state index in [0.29, 0.717) is 32.1 Å². The van der Waals surface area contributed by atoms with Crippen LogP contribution in [0.5, 0.6) is 5.75 Å². The van der Waals surface area contributed by atoms with Crippen molar-refractivity contribution in [2.24, 2.45) is 0 Å². The molecule has 5 N–H and O–H groups in total. The van der Waals surface area contributed by atoms with Gasteiger partial charge in [0.25, 0.3) is 5.91 Å². The number of rotatable bonds is 1. The van der Waals surface area contributed by atoms with Crippen molar-refractivity contribution in [3.05, 3.63) is 28.8 Å². The summed E-state index contributed by atoms with van der Waals surface area (Å²) in [4.78, 5) is 24.5. The third-order valence-corrected chi connectivity index (χ3v) is 7.53. The van der Waals surface area contributed by atoms with Crippen LogP contribution < -0.4 is 16.0 Å². The predicted molar refractivity (Wildman–Crippen MR) is 97.5 cm³/mol. The van der Waals surface area contributed by atoms with Gasteiger partial charge < -0.3 is 20.8 Å². The minimum Gasteiger partial charge on any atom is -0.508 e. The molecule has 4 aliphatic rings. The standard InChI is InChI=1S/C20H25N3O4/c1-2-11-7-12(24)8-14-13(11)9-15-20(27)4-3-19(16(25)22-17(26)23-19)10-18(14,20)5-6-21-15/h7-8,15,21,24,27H,2-6,9-10H2,1H3,(H2,22,23,25,26). The summed E-state index contributed by atoms with van der Waals surface area (Å²) in [6.07, 6.45) is 3.35. The maximum atomic E-state index is 12.7. The summed E-state index contributed by atoms with van der Waals surface area (Å²) in [5, 5.41) is 31.0. The average Bonchev–Trinajstić information content (AvgIpc) is 2.89. The number of aliphatic hydroxyl groups is 1. The summed E-state index contributed by atoms with van der Waals surface area (Å²) in [6.45, 7) is 2.79. The Hall–Kier alpha value is -2.12. The van der Waals surface area contributed by atoms with Gasteiger partial charge in [-0.25, -0.2) is 4.79 Å². The number of urea groups is 1. The number of aromatic hydroxyl groups is 1. The van der Waals surface area contributed by atoms with Crippen molar-refractivity contribution in [2.75, 3.05) is 6.54 Å². The van der Waals surface area contributed by atoms with Crippen molar-refractivity contribution in [2.45, 2.75) is 68.0 Å².